The van der Waals surface area contributed by atoms with Gasteiger partial charge in [0.05, 0.1) is 13.7 Å². The summed E-state index contributed by atoms with van der Waals surface area (Å²) in [5.74, 6) is -0.0162. The summed E-state index contributed by atoms with van der Waals surface area (Å²) in [6.45, 7) is 2.46. The van der Waals surface area contributed by atoms with Crippen LogP contribution in [-0.2, 0) is 20.7 Å². The molecule has 0 saturated carbocycles. The third-order valence-electron chi connectivity index (χ3n) is 3.51. The number of esters is 1. The molecule has 2 rings (SSSR count). The zero-order chi connectivity index (χ0) is 16.7. The topological polar surface area (TPSA) is 64.6 Å². The normalized spacial score (nSPS) is 10.3. The van der Waals surface area contributed by atoms with Crippen molar-refractivity contribution in [2.45, 2.75) is 19.8 Å². The molecule has 0 radical (unpaired) electrons. The molecule has 0 aromatic heterocycles. The predicted molar refractivity (Wildman–Crippen MR) is 88.5 cm³/mol. The first-order valence-electron chi connectivity index (χ1n) is 7.62. The molecule has 0 aliphatic heterocycles. The van der Waals surface area contributed by atoms with Gasteiger partial charge >= 0.3 is 5.97 Å². The summed E-state index contributed by atoms with van der Waals surface area (Å²) in [7, 11) is 1.64. The fourth-order valence-corrected chi connectivity index (χ4v) is 2.40. The number of ether oxygens (including phenoxy) is 2. The van der Waals surface area contributed by atoms with E-state index in [0.717, 1.165) is 22.1 Å². The van der Waals surface area contributed by atoms with E-state index in [1.807, 2.05) is 36.4 Å². The monoisotopic (exact) mass is 315 g/mol. The Hall–Kier alpha value is -2.56. The van der Waals surface area contributed by atoms with Crippen molar-refractivity contribution in [2.75, 3.05) is 20.3 Å². The van der Waals surface area contributed by atoms with E-state index >= 15 is 0 Å². The fraction of sp³-hybridized carbons (Fsp3) is 0.333. The lowest BCUT2D eigenvalue weighted by atomic mass is 10.0. The van der Waals surface area contributed by atoms with Crippen molar-refractivity contribution in [1.82, 2.24) is 5.32 Å². The highest BCUT2D eigenvalue weighted by Gasteiger charge is 2.10. The van der Waals surface area contributed by atoms with Gasteiger partial charge in [-0.1, -0.05) is 24.3 Å². The largest absolute Gasteiger partial charge is 0.497 e. The van der Waals surface area contributed by atoms with Crippen LogP contribution in [0.15, 0.2) is 36.4 Å². The summed E-state index contributed by atoms with van der Waals surface area (Å²) in [5.41, 5.74) is 1.12. The number of nitrogens with one attached hydrogen (secondary N) is 1. The minimum atomic E-state index is -0.500. The molecule has 0 aliphatic rings. The van der Waals surface area contributed by atoms with E-state index in [0.29, 0.717) is 13.0 Å². The Bertz CT molecular complexity index is 696. The quantitative estimate of drug-likeness (QED) is 0.630. The zero-order valence-corrected chi connectivity index (χ0v) is 13.4. The van der Waals surface area contributed by atoms with Crippen LogP contribution in [0.1, 0.15) is 18.9 Å². The maximum atomic E-state index is 11.7. The maximum absolute atomic E-state index is 11.7. The molecule has 0 unspecified atom stereocenters. The highest BCUT2D eigenvalue weighted by molar-refractivity contribution is 5.94. The van der Waals surface area contributed by atoms with Crippen LogP contribution >= 0.6 is 0 Å². The average Bonchev–Trinajstić information content (AvgIpc) is 2.54. The van der Waals surface area contributed by atoms with Crippen LogP contribution in [0.2, 0.25) is 0 Å². The highest BCUT2D eigenvalue weighted by atomic mass is 16.5. The van der Waals surface area contributed by atoms with Crippen LogP contribution in [-0.4, -0.2) is 32.1 Å². The van der Waals surface area contributed by atoms with Gasteiger partial charge in [-0.2, -0.15) is 0 Å². The van der Waals surface area contributed by atoms with Gasteiger partial charge in [0.15, 0.2) is 0 Å². The lowest BCUT2D eigenvalue weighted by Crippen LogP contribution is -2.28. The third-order valence-corrected chi connectivity index (χ3v) is 3.51. The molecule has 0 aliphatic carbocycles. The van der Waals surface area contributed by atoms with E-state index in [-0.39, 0.29) is 18.9 Å². The molecule has 2 aromatic carbocycles. The molecule has 0 fully saturated rings. The molecular formula is C18H21NO4. The van der Waals surface area contributed by atoms with Gasteiger partial charge in [0.1, 0.15) is 12.2 Å². The van der Waals surface area contributed by atoms with E-state index < -0.39 is 5.97 Å². The van der Waals surface area contributed by atoms with E-state index in [4.69, 9.17) is 9.47 Å². The van der Waals surface area contributed by atoms with Gasteiger partial charge in [0.2, 0.25) is 5.91 Å². The predicted octanol–water partition coefficient (Wildman–Crippen LogP) is 2.46. The molecule has 0 heterocycles. The molecule has 0 saturated heterocycles. The Morgan fingerprint density at radius 2 is 2.00 bits per heavy atom. The van der Waals surface area contributed by atoms with E-state index in [1.165, 1.54) is 0 Å². The van der Waals surface area contributed by atoms with Gasteiger partial charge in [-0.25, -0.2) is 0 Å². The summed E-state index contributed by atoms with van der Waals surface area (Å²) in [4.78, 5) is 22.9. The fourth-order valence-electron chi connectivity index (χ4n) is 2.40. The molecule has 1 amide bonds. The van der Waals surface area contributed by atoms with Crippen molar-refractivity contribution in [2.24, 2.45) is 0 Å². The van der Waals surface area contributed by atoms with Crippen LogP contribution in [0, 0.1) is 0 Å². The number of benzene rings is 2. The first-order valence-corrected chi connectivity index (χ1v) is 7.62. The van der Waals surface area contributed by atoms with Crippen LogP contribution in [0.4, 0.5) is 0 Å². The van der Waals surface area contributed by atoms with Crippen molar-refractivity contribution in [3.63, 3.8) is 0 Å². The molecular weight excluding hydrogens is 294 g/mol. The van der Waals surface area contributed by atoms with Gasteiger partial charge in [-0.3, -0.25) is 9.59 Å². The third kappa shape index (κ3) is 4.71. The van der Waals surface area contributed by atoms with Gasteiger partial charge in [0, 0.05) is 6.54 Å². The Kier molecular flexibility index (Phi) is 5.97. The first kappa shape index (κ1) is 16.8. The smallest absolute Gasteiger partial charge is 0.315 e. The molecule has 23 heavy (non-hydrogen) atoms. The zero-order valence-electron chi connectivity index (χ0n) is 13.4. The molecule has 2 aromatic rings. The van der Waals surface area contributed by atoms with Crippen LogP contribution in [0.5, 0.6) is 5.75 Å². The standard InChI is InChI=1S/C18H21NO4/c1-3-23-18(21)12-17(20)19-10-9-14-6-4-5-13-7-8-15(22-2)11-16(13)14/h4-8,11H,3,9-10,12H2,1-2H3,(H,19,20). The van der Waals surface area contributed by atoms with Gasteiger partial charge < -0.3 is 14.8 Å². The molecule has 0 atom stereocenters. The maximum Gasteiger partial charge on any atom is 0.315 e. The van der Waals surface area contributed by atoms with Crippen molar-refractivity contribution in [1.29, 1.82) is 0 Å². The van der Waals surface area contributed by atoms with Crippen molar-refractivity contribution in [3.8, 4) is 5.75 Å². The van der Waals surface area contributed by atoms with E-state index in [1.54, 1.807) is 14.0 Å². The molecule has 1 N–H and O–H groups in total. The Labute approximate surface area is 135 Å². The number of methoxy groups -OCH3 is 1. The number of carbonyl (C=O) groups is 2. The Morgan fingerprint density at radius 1 is 1.17 bits per heavy atom. The number of rotatable bonds is 7. The Morgan fingerprint density at radius 3 is 2.74 bits per heavy atom. The van der Waals surface area contributed by atoms with Crippen molar-refractivity contribution < 1.29 is 19.1 Å². The molecule has 0 bridgehead atoms. The number of fused-ring (bicyclic) bond motifs is 1. The molecule has 5 nitrogen and oxygen atoms in total. The van der Waals surface area contributed by atoms with Crippen LogP contribution in [0.25, 0.3) is 10.8 Å². The Balaban J connectivity index is 1.97. The van der Waals surface area contributed by atoms with E-state index in [9.17, 15) is 9.59 Å². The van der Waals surface area contributed by atoms with Crippen LogP contribution < -0.4 is 10.1 Å². The van der Waals surface area contributed by atoms with Gasteiger partial charge in [-0.05, 0) is 41.8 Å². The number of amides is 1. The average molecular weight is 315 g/mol. The second-order valence-electron chi connectivity index (χ2n) is 5.09. The van der Waals surface area contributed by atoms with Crippen molar-refractivity contribution >= 4 is 22.6 Å². The SMILES string of the molecule is CCOC(=O)CC(=O)NCCc1cccc2ccc(OC)cc12. The highest BCUT2D eigenvalue weighted by Crippen LogP contribution is 2.24. The minimum Gasteiger partial charge on any atom is -0.497 e. The second kappa shape index (κ2) is 8.17. The minimum absolute atomic E-state index is 0.239. The molecule has 0 spiro atoms. The molecule has 122 valence electrons. The number of hydrogen-bond donors (Lipinski definition) is 1. The summed E-state index contributed by atoms with van der Waals surface area (Å²) in [6.07, 6.45) is 0.441. The summed E-state index contributed by atoms with van der Waals surface area (Å²) in [6, 6.07) is 12.0. The number of carbonyl (C=O) groups excluding carboxylic acids is 2. The molecule has 5 heteroatoms. The van der Waals surface area contributed by atoms with Crippen LogP contribution in [0.3, 0.4) is 0 Å². The van der Waals surface area contributed by atoms with Gasteiger partial charge in [0.25, 0.3) is 0 Å². The summed E-state index contributed by atoms with van der Waals surface area (Å²) >= 11 is 0. The second-order valence-corrected chi connectivity index (χ2v) is 5.09. The number of hydrogen-bond acceptors (Lipinski definition) is 4. The summed E-state index contributed by atoms with van der Waals surface area (Å²) in [5, 5.41) is 4.97. The summed E-state index contributed by atoms with van der Waals surface area (Å²) < 4.78 is 10.0. The van der Waals surface area contributed by atoms with E-state index in [2.05, 4.69) is 5.32 Å². The van der Waals surface area contributed by atoms with Gasteiger partial charge in [-0.15, -0.1) is 0 Å². The lowest BCUT2D eigenvalue weighted by Gasteiger charge is -2.09. The van der Waals surface area contributed by atoms with Crippen molar-refractivity contribution in [3.05, 3.63) is 42.0 Å². The lowest BCUT2D eigenvalue weighted by molar-refractivity contribution is -0.145. The first-order chi connectivity index (χ1) is 11.1.